The molecule has 1 unspecified atom stereocenters. The van der Waals surface area contributed by atoms with E-state index in [2.05, 4.69) is 41.1 Å². The van der Waals surface area contributed by atoms with Crippen LogP contribution in [0.15, 0.2) is 40.9 Å². The molecule has 21 heavy (non-hydrogen) atoms. The first-order valence-electron chi connectivity index (χ1n) is 7.41. The first-order valence-corrected chi connectivity index (χ1v) is 8.21. The minimum Gasteiger partial charge on any atom is -0.486 e. The molecule has 0 saturated heterocycles. The summed E-state index contributed by atoms with van der Waals surface area (Å²) in [5.41, 5.74) is 10.8. The fourth-order valence-corrected chi connectivity index (χ4v) is 3.74. The van der Waals surface area contributed by atoms with Gasteiger partial charge in [0.25, 0.3) is 0 Å². The Labute approximate surface area is 134 Å². The van der Waals surface area contributed by atoms with E-state index in [1.165, 1.54) is 17.5 Å². The van der Waals surface area contributed by atoms with Gasteiger partial charge in [0.1, 0.15) is 6.61 Å². The summed E-state index contributed by atoms with van der Waals surface area (Å²) in [6.07, 6.45) is 3.43. The van der Waals surface area contributed by atoms with E-state index in [0.29, 0.717) is 6.61 Å². The van der Waals surface area contributed by atoms with Gasteiger partial charge in [-0.25, -0.2) is 0 Å². The number of hydrogen-bond acceptors (Lipinski definition) is 2. The highest BCUT2D eigenvalue weighted by molar-refractivity contribution is 9.10. The lowest BCUT2D eigenvalue weighted by Crippen LogP contribution is -2.13. The van der Waals surface area contributed by atoms with E-state index in [9.17, 15) is 0 Å². The first-order chi connectivity index (χ1) is 10.1. The van der Waals surface area contributed by atoms with Gasteiger partial charge in [-0.3, -0.25) is 0 Å². The van der Waals surface area contributed by atoms with Crippen molar-refractivity contribution in [3.05, 3.63) is 57.6 Å². The van der Waals surface area contributed by atoms with E-state index in [4.69, 9.17) is 10.5 Å². The number of nitrogens with two attached hydrogens (primary N) is 1. The van der Waals surface area contributed by atoms with Crippen molar-refractivity contribution in [1.82, 2.24) is 0 Å². The summed E-state index contributed by atoms with van der Waals surface area (Å²) >= 11 is 3.71. The van der Waals surface area contributed by atoms with Gasteiger partial charge in [0, 0.05) is 0 Å². The second kappa shape index (κ2) is 6.10. The number of nitrogen functional groups attached to an aromatic ring is 1. The molecular formula is C18H20BrNO. The average Bonchev–Trinajstić information content (AvgIpc) is 2.47. The summed E-state index contributed by atoms with van der Waals surface area (Å²) < 4.78 is 7.02. The SMILES string of the molecule is CC1CCc2c(cc(N)c(OCc3ccccc3)c2Br)C1. The maximum absolute atomic E-state index is 6.20. The van der Waals surface area contributed by atoms with Crippen LogP contribution in [-0.2, 0) is 19.4 Å². The summed E-state index contributed by atoms with van der Waals surface area (Å²) in [5.74, 6) is 1.52. The number of hydrogen-bond donors (Lipinski definition) is 1. The zero-order chi connectivity index (χ0) is 14.8. The smallest absolute Gasteiger partial charge is 0.157 e. The van der Waals surface area contributed by atoms with Crippen molar-refractivity contribution in [2.75, 3.05) is 5.73 Å². The fourth-order valence-electron chi connectivity index (χ4n) is 2.94. The Morgan fingerprint density at radius 1 is 1.29 bits per heavy atom. The molecular weight excluding hydrogens is 326 g/mol. The monoisotopic (exact) mass is 345 g/mol. The topological polar surface area (TPSA) is 35.2 Å². The van der Waals surface area contributed by atoms with Gasteiger partial charge in [-0.1, -0.05) is 37.3 Å². The zero-order valence-corrected chi connectivity index (χ0v) is 13.8. The van der Waals surface area contributed by atoms with Crippen LogP contribution < -0.4 is 10.5 Å². The Morgan fingerprint density at radius 2 is 2.05 bits per heavy atom. The summed E-state index contributed by atoms with van der Waals surface area (Å²) in [7, 11) is 0. The number of benzene rings is 2. The molecule has 2 N–H and O–H groups in total. The van der Waals surface area contributed by atoms with E-state index in [1.54, 1.807) is 0 Å². The molecule has 0 fully saturated rings. The highest BCUT2D eigenvalue weighted by atomic mass is 79.9. The highest BCUT2D eigenvalue weighted by Crippen LogP contribution is 2.41. The van der Waals surface area contributed by atoms with Gasteiger partial charge in [0.15, 0.2) is 5.75 Å². The molecule has 3 rings (SSSR count). The lowest BCUT2D eigenvalue weighted by molar-refractivity contribution is 0.305. The fraction of sp³-hybridized carbons (Fsp3) is 0.333. The van der Waals surface area contributed by atoms with Gasteiger partial charge < -0.3 is 10.5 Å². The Bertz CT molecular complexity index is 639. The van der Waals surface area contributed by atoms with Crippen molar-refractivity contribution in [1.29, 1.82) is 0 Å². The molecule has 1 atom stereocenters. The highest BCUT2D eigenvalue weighted by Gasteiger charge is 2.21. The molecule has 0 aliphatic heterocycles. The molecule has 0 aromatic heterocycles. The van der Waals surface area contributed by atoms with Crippen molar-refractivity contribution >= 4 is 21.6 Å². The number of ether oxygens (including phenoxy) is 1. The molecule has 2 aromatic carbocycles. The molecule has 0 spiro atoms. The number of anilines is 1. The maximum Gasteiger partial charge on any atom is 0.157 e. The first kappa shape index (κ1) is 14.5. The Hall–Kier alpha value is -1.48. The van der Waals surface area contributed by atoms with E-state index in [1.807, 2.05) is 18.2 Å². The summed E-state index contributed by atoms with van der Waals surface area (Å²) in [6, 6.07) is 12.3. The van der Waals surface area contributed by atoms with Crippen molar-refractivity contribution < 1.29 is 4.74 Å². The second-order valence-corrected chi connectivity index (χ2v) is 6.66. The van der Waals surface area contributed by atoms with Crippen LogP contribution in [0, 0.1) is 5.92 Å². The van der Waals surface area contributed by atoms with Gasteiger partial charge in [-0.05, 0) is 63.9 Å². The van der Waals surface area contributed by atoms with Gasteiger partial charge in [-0.15, -0.1) is 0 Å². The summed E-state index contributed by atoms with van der Waals surface area (Å²) in [4.78, 5) is 0. The second-order valence-electron chi connectivity index (χ2n) is 5.87. The Kier molecular flexibility index (Phi) is 4.20. The molecule has 0 heterocycles. The van der Waals surface area contributed by atoms with Gasteiger partial charge >= 0.3 is 0 Å². The van der Waals surface area contributed by atoms with Gasteiger partial charge in [-0.2, -0.15) is 0 Å². The summed E-state index contributed by atoms with van der Waals surface area (Å²) in [6.45, 7) is 2.84. The quantitative estimate of drug-likeness (QED) is 0.815. The molecule has 1 aliphatic carbocycles. The third kappa shape index (κ3) is 3.08. The van der Waals surface area contributed by atoms with Crippen LogP contribution in [-0.4, -0.2) is 0 Å². The van der Waals surface area contributed by atoms with Crippen LogP contribution in [0.2, 0.25) is 0 Å². The minimum atomic E-state index is 0.541. The molecule has 2 nitrogen and oxygen atoms in total. The predicted octanol–water partition coefficient (Wildman–Crippen LogP) is 4.74. The van der Waals surface area contributed by atoms with Crippen molar-refractivity contribution in [2.45, 2.75) is 32.8 Å². The molecule has 0 saturated carbocycles. The molecule has 0 amide bonds. The van der Waals surface area contributed by atoms with E-state index >= 15 is 0 Å². The van der Waals surface area contributed by atoms with Crippen LogP contribution in [0.1, 0.15) is 30.0 Å². The lowest BCUT2D eigenvalue weighted by Gasteiger charge is -2.25. The van der Waals surface area contributed by atoms with E-state index in [0.717, 1.165) is 40.2 Å². The van der Waals surface area contributed by atoms with Crippen LogP contribution in [0.3, 0.4) is 0 Å². The number of rotatable bonds is 3. The van der Waals surface area contributed by atoms with Gasteiger partial charge in [0.05, 0.1) is 10.2 Å². The maximum atomic E-state index is 6.20. The number of halogens is 1. The van der Waals surface area contributed by atoms with Crippen molar-refractivity contribution in [3.63, 3.8) is 0 Å². The van der Waals surface area contributed by atoms with Gasteiger partial charge in [0.2, 0.25) is 0 Å². The van der Waals surface area contributed by atoms with Crippen LogP contribution in [0.25, 0.3) is 0 Å². The van der Waals surface area contributed by atoms with Crippen LogP contribution >= 0.6 is 15.9 Å². The third-order valence-electron chi connectivity index (χ3n) is 4.13. The van der Waals surface area contributed by atoms with E-state index in [-0.39, 0.29) is 0 Å². The summed E-state index contributed by atoms with van der Waals surface area (Å²) in [5, 5.41) is 0. The predicted molar refractivity (Wildman–Crippen MR) is 90.5 cm³/mol. The third-order valence-corrected chi connectivity index (χ3v) is 4.96. The Balaban J connectivity index is 1.86. The largest absolute Gasteiger partial charge is 0.486 e. The minimum absolute atomic E-state index is 0.541. The molecule has 0 radical (unpaired) electrons. The molecule has 0 bridgehead atoms. The molecule has 3 heteroatoms. The number of fused-ring (bicyclic) bond motifs is 1. The standard InChI is InChI=1S/C18H20BrNO/c1-12-7-8-15-14(9-12)10-16(20)18(17(15)19)21-11-13-5-3-2-4-6-13/h2-6,10,12H,7-9,11,20H2,1H3. The average molecular weight is 346 g/mol. The molecule has 2 aromatic rings. The zero-order valence-electron chi connectivity index (χ0n) is 12.2. The Morgan fingerprint density at radius 3 is 2.81 bits per heavy atom. The van der Waals surface area contributed by atoms with Crippen molar-refractivity contribution in [3.8, 4) is 5.75 Å². The normalized spacial score (nSPS) is 17.3. The molecule has 110 valence electrons. The van der Waals surface area contributed by atoms with Crippen molar-refractivity contribution in [2.24, 2.45) is 5.92 Å². The van der Waals surface area contributed by atoms with Crippen LogP contribution in [0.4, 0.5) is 5.69 Å². The molecule has 1 aliphatic rings. The van der Waals surface area contributed by atoms with E-state index < -0.39 is 0 Å². The van der Waals surface area contributed by atoms with Crippen LogP contribution in [0.5, 0.6) is 5.75 Å². The lowest BCUT2D eigenvalue weighted by atomic mass is 9.84.